The molecule has 0 atom stereocenters. The number of nitrogens with one attached hydrogen (secondary N) is 1. The number of hydrogen-bond acceptors (Lipinski definition) is 3. The molecular formula is C13H14BrClFNO3S. The van der Waals surface area contributed by atoms with Crippen LogP contribution in [0, 0.1) is 11.7 Å². The molecule has 1 amide bonds. The first-order valence-electron chi connectivity index (χ1n) is 6.51. The summed E-state index contributed by atoms with van der Waals surface area (Å²) in [6.07, 6.45) is 4.40. The summed E-state index contributed by atoms with van der Waals surface area (Å²) in [5.74, 6) is -0.813. The van der Waals surface area contributed by atoms with Gasteiger partial charge < -0.3 is 5.32 Å². The van der Waals surface area contributed by atoms with Crippen LogP contribution < -0.4 is 5.32 Å². The molecule has 4 nitrogen and oxygen atoms in total. The van der Waals surface area contributed by atoms with Gasteiger partial charge in [0.25, 0.3) is 15.0 Å². The zero-order valence-electron chi connectivity index (χ0n) is 11.0. The molecule has 21 heavy (non-hydrogen) atoms. The fraction of sp³-hybridized carbons (Fsp3) is 0.462. The van der Waals surface area contributed by atoms with Crippen molar-refractivity contribution < 1.29 is 17.6 Å². The fourth-order valence-corrected chi connectivity index (χ4v) is 4.32. The van der Waals surface area contributed by atoms with E-state index >= 15 is 0 Å². The van der Waals surface area contributed by atoms with Gasteiger partial charge in [0.1, 0.15) is 5.82 Å². The van der Waals surface area contributed by atoms with Gasteiger partial charge in [-0.3, -0.25) is 4.79 Å². The highest BCUT2D eigenvalue weighted by Gasteiger charge is 2.22. The highest BCUT2D eigenvalue weighted by Crippen LogP contribution is 2.29. The first-order valence-corrected chi connectivity index (χ1v) is 9.61. The number of carbonyl (C=O) groups is 1. The molecule has 0 spiro atoms. The Morgan fingerprint density at radius 2 is 2.10 bits per heavy atom. The number of carbonyl (C=O) groups excluding carboxylic acids is 1. The minimum atomic E-state index is -4.06. The SMILES string of the molecule is O=C(NCCC1CCC1)c1cc(S(=O)(=O)Cl)c(Br)cc1F. The van der Waals surface area contributed by atoms with Gasteiger partial charge in [-0.15, -0.1) is 0 Å². The van der Waals surface area contributed by atoms with Crippen molar-refractivity contribution in [1.29, 1.82) is 0 Å². The summed E-state index contributed by atoms with van der Waals surface area (Å²) in [4.78, 5) is 11.6. The molecule has 0 radical (unpaired) electrons. The first-order chi connectivity index (χ1) is 9.79. The standard InChI is InChI=1S/C13H14BrClFNO3S/c14-10-7-11(16)9(6-12(10)21(15,19)20)13(18)17-5-4-8-2-1-3-8/h6-8H,1-5H2,(H,17,18). The molecule has 1 N–H and O–H groups in total. The Morgan fingerprint density at radius 1 is 1.43 bits per heavy atom. The Labute approximate surface area is 135 Å². The molecule has 0 aliphatic heterocycles. The van der Waals surface area contributed by atoms with E-state index < -0.39 is 20.8 Å². The molecule has 2 rings (SSSR count). The predicted molar refractivity (Wildman–Crippen MR) is 81.4 cm³/mol. The highest BCUT2D eigenvalue weighted by molar-refractivity contribution is 9.10. The van der Waals surface area contributed by atoms with Crippen LogP contribution in [0.4, 0.5) is 4.39 Å². The summed E-state index contributed by atoms with van der Waals surface area (Å²) in [6.45, 7) is 0.446. The van der Waals surface area contributed by atoms with E-state index in [4.69, 9.17) is 10.7 Å². The molecule has 0 unspecified atom stereocenters. The van der Waals surface area contributed by atoms with E-state index in [0.717, 1.165) is 31.4 Å². The molecule has 0 bridgehead atoms. The van der Waals surface area contributed by atoms with E-state index in [9.17, 15) is 17.6 Å². The number of rotatable bonds is 5. The van der Waals surface area contributed by atoms with E-state index in [1.165, 1.54) is 6.42 Å². The lowest BCUT2D eigenvalue weighted by atomic mass is 9.83. The van der Waals surface area contributed by atoms with Crippen molar-refractivity contribution in [3.63, 3.8) is 0 Å². The van der Waals surface area contributed by atoms with Crippen molar-refractivity contribution in [3.8, 4) is 0 Å². The maximum absolute atomic E-state index is 13.8. The molecule has 1 fully saturated rings. The van der Waals surface area contributed by atoms with E-state index in [2.05, 4.69) is 21.2 Å². The molecule has 0 heterocycles. The van der Waals surface area contributed by atoms with Crippen LogP contribution in [0.1, 0.15) is 36.0 Å². The molecule has 1 aromatic carbocycles. The Balaban J connectivity index is 2.12. The second-order valence-corrected chi connectivity index (χ2v) is 8.43. The molecular weight excluding hydrogens is 385 g/mol. The van der Waals surface area contributed by atoms with E-state index in [1.807, 2.05) is 0 Å². The molecule has 1 aliphatic carbocycles. The van der Waals surface area contributed by atoms with Crippen molar-refractivity contribution in [2.45, 2.75) is 30.6 Å². The number of benzene rings is 1. The lowest BCUT2D eigenvalue weighted by molar-refractivity contribution is 0.0944. The van der Waals surface area contributed by atoms with Crippen molar-refractivity contribution in [1.82, 2.24) is 5.32 Å². The van der Waals surface area contributed by atoms with Gasteiger partial charge in [-0.25, -0.2) is 12.8 Å². The fourth-order valence-electron chi connectivity index (χ4n) is 2.16. The van der Waals surface area contributed by atoms with Crippen LogP contribution in [0.5, 0.6) is 0 Å². The van der Waals surface area contributed by atoms with Gasteiger partial charge in [-0.05, 0) is 40.4 Å². The maximum Gasteiger partial charge on any atom is 0.262 e. The second kappa shape index (κ2) is 6.62. The Kier molecular flexibility index (Phi) is 5.27. The Hall–Kier alpha value is -0.660. The van der Waals surface area contributed by atoms with Gasteiger partial charge in [0.05, 0.1) is 10.5 Å². The summed E-state index contributed by atoms with van der Waals surface area (Å²) in [5.41, 5.74) is -0.328. The largest absolute Gasteiger partial charge is 0.352 e. The first kappa shape index (κ1) is 16.7. The van der Waals surface area contributed by atoms with Crippen molar-refractivity contribution in [2.75, 3.05) is 6.54 Å². The van der Waals surface area contributed by atoms with Gasteiger partial charge in [0, 0.05) is 21.7 Å². The molecule has 8 heteroatoms. The lowest BCUT2D eigenvalue weighted by Crippen LogP contribution is -2.28. The molecule has 0 saturated heterocycles. The quantitative estimate of drug-likeness (QED) is 0.773. The lowest BCUT2D eigenvalue weighted by Gasteiger charge is -2.25. The third-order valence-corrected chi connectivity index (χ3v) is 5.87. The highest BCUT2D eigenvalue weighted by atomic mass is 79.9. The van der Waals surface area contributed by atoms with Crippen LogP contribution >= 0.6 is 26.6 Å². The monoisotopic (exact) mass is 397 g/mol. The number of halogens is 3. The zero-order chi connectivity index (χ0) is 15.6. The molecule has 116 valence electrons. The molecule has 1 saturated carbocycles. The minimum absolute atomic E-state index is 0.0129. The van der Waals surface area contributed by atoms with Crippen molar-refractivity contribution in [2.24, 2.45) is 5.92 Å². The Morgan fingerprint density at radius 3 is 2.62 bits per heavy atom. The second-order valence-electron chi connectivity index (χ2n) is 5.04. The average Bonchev–Trinajstić information content (AvgIpc) is 2.30. The summed E-state index contributed by atoms with van der Waals surface area (Å²) in [5, 5.41) is 2.60. The van der Waals surface area contributed by atoms with E-state index in [-0.39, 0.29) is 14.9 Å². The van der Waals surface area contributed by atoms with Crippen LogP contribution in [0.3, 0.4) is 0 Å². The third kappa shape index (κ3) is 4.17. The van der Waals surface area contributed by atoms with Crippen LogP contribution in [0.25, 0.3) is 0 Å². The van der Waals surface area contributed by atoms with Gasteiger partial charge in [0.2, 0.25) is 0 Å². The summed E-state index contributed by atoms with van der Waals surface area (Å²) in [7, 11) is 1.20. The number of hydrogen-bond donors (Lipinski definition) is 1. The summed E-state index contributed by atoms with van der Waals surface area (Å²) < 4.78 is 36.5. The predicted octanol–water partition coefficient (Wildman–Crippen LogP) is 3.44. The van der Waals surface area contributed by atoms with Crippen LogP contribution in [-0.4, -0.2) is 20.9 Å². The normalized spacial score (nSPS) is 15.6. The summed E-state index contributed by atoms with van der Waals surface area (Å²) in [6, 6.07) is 1.87. The summed E-state index contributed by atoms with van der Waals surface area (Å²) >= 11 is 2.92. The molecule has 1 aromatic rings. The average molecular weight is 399 g/mol. The number of amides is 1. The molecule has 1 aliphatic rings. The Bertz CT molecular complexity index is 662. The third-order valence-electron chi connectivity index (χ3n) is 3.59. The van der Waals surface area contributed by atoms with Gasteiger partial charge in [0.15, 0.2) is 0 Å². The van der Waals surface area contributed by atoms with Crippen LogP contribution in [-0.2, 0) is 9.05 Å². The smallest absolute Gasteiger partial charge is 0.262 e. The van der Waals surface area contributed by atoms with Crippen LogP contribution in [0.2, 0.25) is 0 Å². The zero-order valence-corrected chi connectivity index (χ0v) is 14.2. The van der Waals surface area contributed by atoms with E-state index in [0.29, 0.717) is 12.5 Å². The minimum Gasteiger partial charge on any atom is -0.352 e. The maximum atomic E-state index is 13.8. The van der Waals surface area contributed by atoms with Gasteiger partial charge in [-0.1, -0.05) is 19.3 Å². The van der Waals surface area contributed by atoms with Crippen LogP contribution in [0.15, 0.2) is 21.5 Å². The van der Waals surface area contributed by atoms with Crippen molar-refractivity contribution in [3.05, 3.63) is 28.0 Å². The van der Waals surface area contributed by atoms with Crippen molar-refractivity contribution >= 4 is 41.6 Å². The van der Waals surface area contributed by atoms with E-state index in [1.54, 1.807) is 0 Å². The van der Waals surface area contributed by atoms with Gasteiger partial charge >= 0.3 is 0 Å². The molecule has 0 aromatic heterocycles. The topological polar surface area (TPSA) is 63.2 Å². The van der Waals surface area contributed by atoms with Gasteiger partial charge in [-0.2, -0.15) is 0 Å².